The smallest absolute Gasteiger partial charge is 0.182 e. The zero-order valence-corrected chi connectivity index (χ0v) is 7.40. The molecule has 0 aliphatic carbocycles. The van der Waals surface area contributed by atoms with Crippen molar-refractivity contribution in [1.82, 2.24) is 0 Å². The first-order valence-electron chi connectivity index (χ1n) is 2.94. The minimum absolute atomic E-state index is 0. The highest BCUT2D eigenvalue weighted by Crippen LogP contribution is 1.88. The molecule has 0 amide bonds. The molecule has 0 aromatic carbocycles. The lowest BCUT2D eigenvalue weighted by Gasteiger charge is -2.22. The summed E-state index contributed by atoms with van der Waals surface area (Å²) in [5.41, 5.74) is 0. The van der Waals surface area contributed by atoms with Gasteiger partial charge in [0.25, 0.3) is 0 Å². The van der Waals surface area contributed by atoms with E-state index in [9.17, 15) is 0 Å². The second kappa shape index (κ2) is 5.03. The summed E-state index contributed by atoms with van der Waals surface area (Å²) in [6.45, 7) is 3.63. The molecule has 0 radical (unpaired) electrons. The Bertz CT molecular complexity index is 60.6. The Hall–Kier alpha value is 0.210. The Morgan fingerprint density at radius 1 is 1.22 bits per heavy atom. The Kier molecular flexibility index (Phi) is 6.68. The van der Waals surface area contributed by atoms with Crippen LogP contribution in [0.4, 0.5) is 0 Å². The van der Waals surface area contributed by atoms with Crippen molar-refractivity contribution in [1.29, 1.82) is 0 Å². The summed E-state index contributed by atoms with van der Waals surface area (Å²) in [7, 11) is 6.32. The molecular weight excluding hydrogens is 138 g/mol. The van der Waals surface area contributed by atoms with Gasteiger partial charge in [0.2, 0.25) is 0 Å². The first-order chi connectivity index (χ1) is 3.56. The molecule has 58 valence electrons. The van der Waals surface area contributed by atoms with Crippen LogP contribution in [0.15, 0.2) is 0 Å². The molecule has 0 rings (SSSR count). The number of hydrogen-bond donors (Lipinski definition) is 0. The molecule has 0 bridgehead atoms. The van der Waals surface area contributed by atoms with Gasteiger partial charge >= 0.3 is 0 Å². The second-order valence-corrected chi connectivity index (χ2v) is 2.91. The summed E-state index contributed by atoms with van der Waals surface area (Å²) in [6, 6.07) is 0. The molecule has 0 unspecified atom stereocenters. The molecule has 2 nitrogen and oxygen atoms in total. The third-order valence-corrected chi connectivity index (χ3v) is 0.683. The molecule has 0 saturated heterocycles. The van der Waals surface area contributed by atoms with E-state index in [4.69, 9.17) is 4.74 Å². The zero-order chi connectivity index (χ0) is 6.62. The minimum atomic E-state index is 0. The van der Waals surface area contributed by atoms with Crippen LogP contribution in [0.25, 0.3) is 0 Å². The van der Waals surface area contributed by atoms with Crippen LogP contribution in [0.3, 0.4) is 0 Å². The van der Waals surface area contributed by atoms with Crippen LogP contribution in [0, 0.1) is 0 Å². The third-order valence-electron chi connectivity index (χ3n) is 0.683. The van der Waals surface area contributed by atoms with Gasteiger partial charge in [0.1, 0.15) is 0 Å². The van der Waals surface area contributed by atoms with Gasteiger partial charge in [-0.1, -0.05) is 0 Å². The van der Waals surface area contributed by atoms with Crippen molar-refractivity contribution in [3.05, 3.63) is 0 Å². The van der Waals surface area contributed by atoms with Crippen LogP contribution in [-0.4, -0.2) is 39.0 Å². The Balaban J connectivity index is 0. The predicted octanol–water partition coefficient (Wildman–Crippen LogP) is -2.31. The maximum Gasteiger partial charge on any atom is 0.182 e. The van der Waals surface area contributed by atoms with Gasteiger partial charge in [-0.3, -0.25) is 0 Å². The highest BCUT2D eigenvalue weighted by molar-refractivity contribution is 4.07. The Morgan fingerprint density at radius 3 is 1.78 bits per heavy atom. The molecule has 0 aliphatic rings. The largest absolute Gasteiger partial charge is 1.00 e. The lowest BCUT2D eigenvalue weighted by atomic mass is 10.7. The first kappa shape index (κ1) is 11.9. The van der Waals surface area contributed by atoms with Crippen molar-refractivity contribution >= 4 is 0 Å². The lowest BCUT2D eigenvalue weighted by Crippen LogP contribution is -3.00. The number of quaternary nitrogens is 1. The second-order valence-electron chi connectivity index (χ2n) is 2.91. The summed E-state index contributed by atoms with van der Waals surface area (Å²) >= 11 is 0. The summed E-state index contributed by atoms with van der Waals surface area (Å²) in [5.74, 6) is 0. The monoisotopic (exact) mass is 153 g/mol. The lowest BCUT2D eigenvalue weighted by molar-refractivity contribution is -0.890. The van der Waals surface area contributed by atoms with E-state index in [1.807, 2.05) is 6.92 Å². The van der Waals surface area contributed by atoms with E-state index < -0.39 is 0 Å². The van der Waals surface area contributed by atoms with Gasteiger partial charge in [-0.05, 0) is 6.92 Å². The minimum Gasteiger partial charge on any atom is -1.00 e. The summed E-state index contributed by atoms with van der Waals surface area (Å²) in [5, 5.41) is 0. The SMILES string of the molecule is CCOC[N+](C)(C)C.[Cl-]. The van der Waals surface area contributed by atoms with E-state index in [1.165, 1.54) is 0 Å². The fourth-order valence-corrected chi connectivity index (χ4v) is 0.365. The van der Waals surface area contributed by atoms with Crippen molar-refractivity contribution in [2.45, 2.75) is 6.92 Å². The molecule has 0 spiro atoms. The van der Waals surface area contributed by atoms with Gasteiger partial charge in [0, 0.05) is 6.61 Å². The fourth-order valence-electron chi connectivity index (χ4n) is 0.365. The standard InChI is InChI=1S/C6H16NO.ClH/c1-5-8-6-7(2,3)4;/h5-6H2,1-4H3;1H/q+1;/p-1. The molecule has 0 saturated carbocycles. The average molecular weight is 154 g/mol. The Morgan fingerprint density at radius 2 is 1.67 bits per heavy atom. The summed E-state index contributed by atoms with van der Waals surface area (Å²) in [6.07, 6.45) is 0. The molecule has 0 fully saturated rings. The van der Waals surface area contributed by atoms with Gasteiger partial charge in [0.15, 0.2) is 6.73 Å². The topological polar surface area (TPSA) is 9.23 Å². The van der Waals surface area contributed by atoms with Gasteiger partial charge in [-0.25, -0.2) is 0 Å². The Labute approximate surface area is 63.8 Å². The number of rotatable bonds is 3. The van der Waals surface area contributed by atoms with Gasteiger partial charge in [0.05, 0.1) is 21.1 Å². The van der Waals surface area contributed by atoms with Crippen molar-refractivity contribution in [3.63, 3.8) is 0 Å². The molecular formula is C6H16ClNO. The van der Waals surface area contributed by atoms with E-state index in [0.29, 0.717) is 0 Å². The maximum atomic E-state index is 5.17. The molecule has 9 heavy (non-hydrogen) atoms. The molecule has 3 heteroatoms. The van der Waals surface area contributed by atoms with Crippen LogP contribution in [0.1, 0.15) is 6.92 Å². The van der Waals surface area contributed by atoms with Gasteiger partial charge in [-0.2, -0.15) is 0 Å². The van der Waals surface area contributed by atoms with Gasteiger partial charge < -0.3 is 21.6 Å². The normalized spacial score (nSPS) is 10.7. The predicted molar refractivity (Wildman–Crippen MR) is 34.5 cm³/mol. The molecule has 0 heterocycles. The quantitative estimate of drug-likeness (QED) is 0.327. The van der Waals surface area contributed by atoms with Crippen molar-refractivity contribution < 1.29 is 21.6 Å². The summed E-state index contributed by atoms with van der Waals surface area (Å²) < 4.78 is 6.05. The molecule has 0 aromatic heterocycles. The molecule has 0 aliphatic heterocycles. The van der Waals surface area contributed by atoms with Crippen molar-refractivity contribution in [3.8, 4) is 0 Å². The molecule has 0 atom stereocenters. The first-order valence-corrected chi connectivity index (χ1v) is 2.94. The van der Waals surface area contributed by atoms with E-state index in [-0.39, 0.29) is 12.4 Å². The van der Waals surface area contributed by atoms with Crippen LogP contribution in [0.5, 0.6) is 0 Å². The number of nitrogens with zero attached hydrogens (tertiary/aromatic N) is 1. The van der Waals surface area contributed by atoms with Crippen LogP contribution < -0.4 is 12.4 Å². The number of halogens is 1. The summed E-state index contributed by atoms with van der Waals surface area (Å²) in [4.78, 5) is 0. The third kappa shape index (κ3) is 11.7. The highest BCUT2D eigenvalue weighted by Gasteiger charge is 2.03. The van der Waals surface area contributed by atoms with Crippen molar-refractivity contribution in [2.75, 3.05) is 34.5 Å². The molecule has 0 N–H and O–H groups in total. The number of ether oxygens (including phenoxy) is 1. The van der Waals surface area contributed by atoms with E-state index >= 15 is 0 Å². The number of hydrogen-bond acceptors (Lipinski definition) is 1. The molecule has 0 aromatic rings. The van der Waals surface area contributed by atoms with Crippen LogP contribution >= 0.6 is 0 Å². The maximum absolute atomic E-state index is 5.17. The van der Waals surface area contributed by atoms with Crippen LogP contribution in [-0.2, 0) is 4.74 Å². The average Bonchev–Trinajstić information content (AvgIpc) is 1.59. The van der Waals surface area contributed by atoms with E-state index in [0.717, 1.165) is 17.8 Å². The fraction of sp³-hybridized carbons (Fsp3) is 1.00. The van der Waals surface area contributed by atoms with E-state index in [1.54, 1.807) is 0 Å². The van der Waals surface area contributed by atoms with Crippen molar-refractivity contribution in [2.24, 2.45) is 0 Å². The highest BCUT2D eigenvalue weighted by atomic mass is 35.5. The van der Waals surface area contributed by atoms with Gasteiger partial charge in [-0.15, -0.1) is 0 Å². The zero-order valence-electron chi connectivity index (χ0n) is 6.65. The van der Waals surface area contributed by atoms with Crippen LogP contribution in [0.2, 0.25) is 0 Å². The van der Waals surface area contributed by atoms with E-state index in [2.05, 4.69) is 21.1 Å².